The largest absolute Gasteiger partial charge is 0.451 e. The molecule has 0 N–H and O–H groups in total. The van der Waals surface area contributed by atoms with Crippen LogP contribution >= 0.6 is 0 Å². The van der Waals surface area contributed by atoms with Crippen molar-refractivity contribution >= 4 is 23.5 Å². The Bertz CT molecular complexity index is 613. The van der Waals surface area contributed by atoms with Crippen LogP contribution in [0, 0.1) is 6.92 Å². The summed E-state index contributed by atoms with van der Waals surface area (Å²) in [5.74, 6) is 0.305. The zero-order chi connectivity index (χ0) is 14.4. The highest BCUT2D eigenvalue weighted by atomic mass is 16.5. The molecule has 0 radical (unpaired) electrons. The van der Waals surface area contributed by atoms with Crippen molar-refractivity contribution in [3.05, 3.63) is 35.2 Å². The summed E-state index contributed by atoms with van der Waals surface area (Å²) in [7, 11) is 0. The van der Waals surface area contributed by atoms with Gasteiger partial charge < -0.3 is 9.15 Å². The van der Waals surface area contributed by atoms with E-state index in [1.807, 2.05) is 25.1 Å². The van der Waals surface area contributed by atoms with Crippen molar-refractivity contribution in [2.45, 2.75) is 26.7 Å². The van der Waals surface area contributed by atoms with Gasteiger partial charge in [0.05, 0.1) is 6.61 Å². The van der Waals surface area contributed by atoms with Gasteiger partial charge in [0.2, 0.25) is 0 Å². The first-order valence-corrected chi connectivity index (χ1v) is 6.85. The molecular weight excluding hydrogens is 254 g/mol. The first-order valence-electron chi connectivity index (χ1n) is 6.85. The van der Waals surface area contributed by atoms with Gasteiger partial charge in [0.25, 0.3) is 0 Å². The van der Waals surface area contributed by atoms with E-state index in [0.29, 0.717) is 23.1 Å². The number of aromatic nitrogens is 1. The minimum atomic E-state index is 0.305. The molecule has 0 saturated heterocycles. The normalized spacial score (nSPS) is 11.5. The average Bonchev–Trinajstić information content (AvgIpc) is 2.85. The van der Waals surface area contributed by atoms with Gasteiger partial charge in [-0.05, 0) is 25.8 Å². The van der Waals surface area contributed by atoms with Crippen LogP contribution in [0.2, 0.25) is 0 Å². The highest BCUT2D eigenvalue weighted by Gasteiger charge is 2.08. The Labute approximate surface area is 118 Å². The minimum Gasteiger partial charge on any atom is -0.451 e. The number of carbonyl (C=O) groups is 1. The van der Waals surface area contributed by atoms with Gasteiger partial charge in [0.15, 0.2) is 17.6 Å². The van der Waals surface area contributed by atoms with Gasteiger partial charge in [-0.3, -0.25) is 4.79 Å². The van der Waals surface area contributed by atoms with Gasteiger partial charge in [-0.2, -0.15) is 0 Å². The number of pyridine rings is 1. The van der Waals surface area contributed by atoms with Crippen LogP contribution < -0.4 is 0 Å². The molecule has 0 amide bonds. The zero-order valence-electron chi connectivity index (χ0n) is 11.9. The maximum atomic E-state index is 10.8. The number of nitrogens with zero attached hydrogens (tertiary/aromatic N) is 1. The molecule has 0 aliphatic rings. The van der Waals surface area contributed by atoms with E-state index in [4.69, 9.17) is 9.15 Å². The highest BCUT2D eigenvalue weighted by molar-refractivity contribution is 5.88. The summed E-state index contributed by atoms with van der Waals surface area (Å²) < 4.78 is 10.9. The summed E-state index contributed by atoms with van der Waals surface area (Å²) in [4.78, 5) is 15.1. The summed E-state index contributed by atoms with van der Waals surface area (Å²) in [5.41, 5.74) is 3.21. The van der Waals surface area contributed by atoms with Crippen LogP contribution in [0.1, 0.15) is 41.6 Å². The maximum absolute atomic E-state index is 10.8. The Hall–Kier alpha value is -1.94. The summed E-state index contributed by atoms with van der Waals surface area (Å²) >= 11 is 0. The van der Waals surface area contributed by atoms with Gasteiger partial charge >= 0.3 is 0 Å². The van der Waals surface area contributed by atoms with Crippen LogP contribution in [0.15, 0.2) is 22.6 Å². The number of furan rings is 1. The number of hydrogen-bond acceptors (Lipinski definition) is 4. The van der Waals surface area contributed by atoms with Crippen molar-refractivity contribution in [2.24, 2.45) is 0 Å². The van der Waals surface area contributed by atoms with Crippen LogP contribution in [-0.2, 0) is 4.74 Å². The standard InChI is InChI=1S/C16H19NO3/c1-3-7-19-8-5-4-6-13-9-12(2)17-15-10-14(11-18)20-16(13)15/h4,6,9-11H,3,5,7-8H2,1-2H3/b6-4-. The van der Waals surface area contributed by atoms with E-state index in [-0.39, 0.29) is 0 Å². The first kappa shape index (κ1) is 14.5. The van der Waals surface area contributed by atoms with E-state index < -0.39 is 0 Å². The lowest BCUT2D eigenvalue weighted by Gasteiger charge is -2.00. The number of rotatable bonds is 7. The third-order valence-corrected chi connectivity index (χ3v) is 2.85. The first-order chi connectivity index (χ1) is 9.74. The van der Waals surface area contributed by atoms with Crippen molar-refractivity contribution in [2.75, 3.05) is 13.2 Å². The number of ether oxygens (including phenoxy) is 1. The predicted octanol–water partition coefficient (Wildman–Crippen LogP) is 3.78. The second-order valence-electron chi connectivity index (χ2n) is 4.64. The quantitative estimate of drug-likeness (QED) is 0.569. The SMILES string of the molecule is CCCOCC/C=C\c1cc(C)nc2cc(C=O)oc12. The smallest absolute Gasteiger partial charge is 0.185 e. The molecule has 0 saturated carbocycles. The Balaban J connectivity index is 2.14. The van der Waals surface area contributed by atoms with Crippen molar-refractivity contribution in [1.29, 1.82) is 0 Å². The zero-order valence-corrected chi connectivity index (χ0v) is 11.9. The lowest BCUT2D eigenvalue weighted by molar-refractivity contribution is 0.110. The molecule has 0 spiro atoms. The van der Waals surface area contributed by atoms with E-state index in [0.717, 1.165) is 37.3 Å². The molecular formula is C16H19NO3. The molecule has 0 atom stereocenters. The number of aldehydes is 1. The van der Waals surface area contributed by atoms with Gasteiger partial charge in [-0.1, -0.05) is 19.1 Å². The van der Waals surface area contributed by atoms with E-state index >= 15 is 0 Å². The molecule has 4 heteroatoms. The minimum absolute atomic E-state index is 0.305. The van der Waals surface area contributed by atoms with E-state index in [1.165, 1.54) is 0 Å². The predicted molar refractivity (Wildman–Crippen MR) is 78.9 cm³/mol. The van der Waals surface area contributed by atoms with Gasteiger partial charge in [0, 0.05) is 23.9 Å². The Morgan fingerprint density at radius 2 is 2.20 bits per heavy atom. The highest BCUT2D eigenvalue weighted by Crippen LogP contribution is 2.23. The summed E-state index contributed by atoms with van der Waals surface area (Å²) in [6, 6.07) is 3.61. The summed E-state index contributed by atoms with van der Waals surface area (Å²) in [5, 5.41) is 0. The van der Waals surface area contributed by atoms with Crippen molar-refractivity contribution in [3.63, 3.8) is 0 Å². The fraction of sp³-hybridized carbons (Fsp3) is 0.375. The summed E-state index contributed by atoms with van der Waals surface area (Å²) in [6.07, 6.45) is 6.62. The molecule has 0 bridgehead atoms. The molecule has 2 aromatic rings. The van der Waals surface area contributed by atoms with Crippen LogP contribution in [-0.4, -0.2) is 24.5 Å². The number of aryl methyl sites for hydroxylation is 1. The fourth-order valence-electron chi connectivity index (χ4n) is 1.99. The van der Waals surface area contributed by atoms with Crippen molar-refractivity contribution in [3.8, 4) is 0 Å². The van der Waals surface area contributed by atoms with Gasteiger partial charge in [0.1, 0.15) is 5.52 Å². The number of carbonyl (C=O) groups excluding carboxylic acids is 1. The van der Waals surface area contributed by atoms with Gasteiger partial charge in [-0.15, -0.1) is 0 Å². The third-order valence-electron chi connectivity index (χ3n) is 2.85. The van der Waals surface area contributed by atoms with E-state index in [9.17, 15) is 4.79 Å². The lowest BCUT2D eigenvalue weighted by atomic mass is 10.1. The number of fused-ring (bicyclic) bond motifs is 1. The Morgan fingerprint density at radius 3 is 2.95 bits per heavy atom. The molecule has 0 aliphatic heterocycles. The van der Waals surface area contributed by atoms with Crippen LogP contribution in [0.5, 0.6) is 0 Å². The second kappa shape index (κ2) is 7.01. The van der Waals surface area contributed by atoms with Crippen molar-refractivity contribution in [1.82, 2.24) is 4.98 Å². The van der Waals surface area contributed by atoms with Crippen LogP contribution in [0.3, 0.4) is 0 Å². The summed E-state index contributed by atoms with van der Waals surface area (Å²) in [6.45, 7) is 5.53. The third kappa shape index (κ3) is 3.54. The molecule has 2 heterocycles. The van der Waals surface area contributed by atoms with E-state index in [1.54, 1.807) is 6.07 Å². The molecule has 20 heavy (non-hydrogen) atoms. The number of hydrogen-bond donors (Lipinski definition) is 0. The average molecular weight is 273 g/mol. The Morgan fingerprint density at radius 1 is 1.35 bits per heavy atom. The fourth-order valence-corrected chi connectivity index (χ4v) is 1.99. The molecule has 0 aliphatic carbocycles. The molecule has 0 aromatic carbocycles. The monoisotopic (exact) mass is 273 g/mol. The topological polar surface area (TPSA) is 52.3 Å². The lowest BCUT2D eigenvalue weighted by Crippen LogP contribution is -1.93. The molecule has 0 fully saturated rings. The van der Waals surface area contributed by atoms with Crippen LogP contribution in [0.4, 0.5) is 0 Å². The molecule has 0 unspecified atom stereocenters. The Kier molecular flexibility index (Phi) is 5.07. The molecule has 4 nitrogen and oxygen atoms in total. The van der Waals surface area contributed by atoms with Crippen molar-refractivity contribution < 1.29 is 13.9 Å². The molecule has 106 valence electrons. The van der Waals surface area contributed by atoms with Gasteiger partial charge in [-0.25, -0.2) is 4.98 Å². The molecule has 2 aromatic heterocycles. The molecule has 2 rings (SSSR count). The van der Waals surface area contributed by atoms with E-state index in [2.05, 4.69) is 11.9 Å². The van der Waals surface area contributed by atoms with Crippen LogP contribution in [0.25, 0.3) is 17.2 Å². The second-order valence-corrected chi connectivity index (χ2v) is 4.64. The maximum Gasteiger partial charge on any atom is 0.185 e.